The summed E-state index contributed by atoms with van der Waals surface area (Å²) < 4.78 is 18.9. The van der Waals surface area contributed by atoms with Crippen LogP contribution in [0.4, 0.5) is 4.39 Å². The van der Waals surface area contributed by atoms with Crippen molar-refractivity contribution in [2.45, 2.75) is 6.61 Å². The highest BCUT2D eigenvalue weighted by Gasteiger charge is 2.16. The summed E-state index contributed by atoms with van der Waals surface area (Å²) in [4.78, 5) is 11.0. The molecule has 2 aromatic rings. The van der Waals surface area contributed by atoms with Gasteiger partial charge in [0, 0.05) is 0 Å². The van der Waals surface area contributed by atoms with Crippen LogP contribution in [-0.4, -0.2) is 16.2 Å². The number of carbonyl (C=O) groups is 1. The zero-order valence-corrected chi connectivity index (χ0v) is 9.84. The minimum absolute atomic E-state index is 0.111. The summed E-state index contributed by atoms with van der Waals surface area (Å²) in [5.41, 5.74) is 0.436. The second-order valence-electron chi connectivity index (χ2n) is 3.83. The van der Waals surface area contributed by atoms with Gasteiger partial charge in [0.2, 0.25) is 0 Å². The number of benzene rings is 2. The van der Waals surface area contributed by atoms with Crippen LogP contribution in [0.1, 0.15) is 15.9 Å². The number of aromatic carboxylic acids is 1. The standard InChI is InChI=1S/C14H11FO4/c15-12-3-1-2-11(14(17)18)13(12)19-10-6-4-9(8-16)5-7-10/h1-7,16H,8H2,(H,17,18). The predicted octanol–water partition coefficient (Wildman–Crippen LogP) is 2.81. The van der Waals surface area contributed by atoms with Gasteiger partial charge in [0.05, 0.1) is 6.61 Å². The van der Waals surface area contributed by atoms with Crippen LogP contribution in [0.5, 0.6) is 11.5 Å². The van der Waals surface area contributed by atoms with Gasteiger partial charge < -0.3 is 14.9 Å². The summed E-state index contributed by atoms with van der Waals surface area (Å²) in [6, 6.07) is 9.98. The molecule has 0 unspecified atom stereocenters. The number of hydrogen-bond donors (Lipinski definition) is 2. The van der Waals surface area contributed by atoms with E-state index >= 15 is 0 Å². The van der Waals surface area contributed by atoms with Crippen LogP contribution in [0, 0.1) is 5.82 Å². The van der Waals surface area contributed by atoms with Crippen molar-refractivity contribution in [1.29, 1.82) is 0 Å². The van der Waals surface area contributed by atoms with Gasteiger partial charge in [-0.25, -0.2) is 9.18 Å². The van der Waals surface area contributed by atoms with Crippen molar-refractivity contribution in [2.24, 2.45) is 0 Å². The van der Waals surface area contributed by atoms with Gasteiger partial charge in [0.15, 0.2) is 11.6 Å². The lowest BCUT2D eigenvalue weighted by molar-refractivity contribution is 0.0693. The Morgan fingerprint density at radius 3 is 2.42 bits per heavy atom. The fourth-order valence-electron chi connectivity index (χ4n) is 1.56. The van der Waals surface area contributed by atoms with Crippen LogP contribution < -0.4 is 4.74 Å². The van der Waals surface area contributed by atoms with Crippen LogP contribution in [0.25, 0.3) is 0 Å². The second kappa shape index (κ2) is 5.49. The summed E-state index contributed by atoms with van der Waals surface area (Å²) in [5.74, 6) is -2.04. The fraction of sp³-hybridized carbons (Fsp3) is 0.0714. The van der Waals surface area contributed by atoms with Crippen molar-refractivity contribution in [2.75, 3.05) is 0 Å². The van der Waals surface area contributed by atoms with Gasteiger partial charge in [-0.1, -0.05) is 18.2 Å². The first-order valence-electron chi connectivity index (χ1n) is 5.51. The lowest BCUT2D eigenvalue weighted by atomic mass is 10.2. The van der Waals surface area contributed by atoms with E-state index in [0.29, 0.717) is 11.3 Å². The van der Waals surface area contributed by atoms with E-state index in [4.69, 9.17) is 14.9 Å². The monoisotopic (exact) mass is 262 g/mol. The van der Waals surface area contributed by atoms with Gasteiger partial charge in [0.25, 0.3) is 0 Å². The number of aliphatic hydroxyl groups is 1. The van der Waals surface area contributed by atoms with Crippen molar-refractivity contribution in [3.63, 3.8) is 0 Å². The highest BCUT2D eigenvalue weighted by molar-refractivity contribution is 5.91. The fourth-order valence-corrected chi connectivity index (χ4v) is 1.56. The molecular formula is C14H11FO4. The topological polar surface area (TPSA) is 66.8 Å². The Morgan fingerprint density at radius 2 is 1.84 bits per heavy atom. The molecule has 0 heterocycles. The first-order valence-corrected chi connectivity index (χ1v) is 5.51. The molecule has 0 aliphatic rings. The van der Waals surface area contributed by atoms with Crippen LogP contribution in [-0.2, 0) is 6.61 Å². The first-order chi connectivity index (χ1) is 9.11. The molecular weight excluding hydrogens is 251 g/mol. The number of ether oxygens (including phenoxy) is 1. The molecule has 5 heteroatoms. The first kappa shape index (κ1) is 13.0. The smallest absolute Gasteiger partial charge is 0.339 e. The molecule has 0 aliphatic carbocycles. The van der Waals surface area contributed by atoms with Gasteiger partial charge in [-0.2, -0.15) is 0 Å². The van der Waals surface area contributed by atoms with Gasteiger partial charge in [-0.05, 0) is 29.8 Å². The maximum absolute atomic E-state index is 13.6. The molecule has 98 valence electrons. The van der Waals surface area contributed by atoms with E-state index in [9.17, 15) is 9.18 Å². The minimum Gasteiger partial charge on any atom is -0.478 e. The van der Waals surface area contributed by atoms with Crippen molar-refractivity contribution < 1.29 is 24.1 Å². The van der Waals surface area contributed by atoms with Crippen LogP contribution in [0.3, 0.4) is 0 Å². The molecule has 2 N–H and O–H groups in total. The SMILES string of the molecule is O=C(O)c1cccc(F)c1Oc1ccc(CO)cc1. The third kappa shape index (κ3) is 2.89. The zero-order valence-electron chi connectivity index (χ0n) is 9.84. The molecule has 2 rings (SSSR count). The Bertz CT molecular complexity index is 593. The minimum atomic E-state index is -1.26. The molecule has 0 fully saturated rings. The van der Waals surface area contributed by atoms with E-state index in [1.165, 1.54) is 24.3 Å². The normalized spacial score (nSPS) is 10.2. The number of para-hydroxylation sites is 1. The summed E-state index contributed by atoms with van der Waals surface area (Å²) in [5, 5.41) is 17.9. The molecule has 0 saturated carbocycles. The molecule has 0 spiro atoms. The summed E-state index contributed by atoms with van der Waals surface area (Å²) in [7, 11) is 0. The zero-order chi connectivity index (χ0) is 13.8. The van der Waals surface area contributed by atoms with E-state index in [-0.39, 0.29) is 17.9 Å². The van der Waals surface area contributed by atoms with Crippen LogP contribution >= 0.6 is 0 Å². The maximum Gasteiger partial charge on any atom is 0.339 e. The average molecular weight is 262 g/mol. The van der Waals surface area contributed by atoms with E-state index in [1.54, 1.807) is 12.1 Å². The number of carboxylic acids is 1. The molecule has 0 radical (unpaired) electrons. The van der Waals surface area contributed by atoms with Gasteiger partial charge in [-0.3, -0.25) is 0 Å². The van der Waals surface area contributed by atoms with Crippen molar-refractivity contribution in [3.8, 4) is 11.5 Å². The maximum atomic E-state index is 13.6. The molecule has 0 aromatic heterocycles. The van der Waals surface area contributed by atoms with Gasteiger partial charge in [0.1, 0.15) is 11.3 Å². The molecule has 4 nitrogen and oxygen atoms in total. The molecule has 0 bridgehead atoms. The molecule has 0 saturated heterocycles. The van der Waals surface area contributed by atoms with Crippen LogP contribution in [0.2, 0.25) is 0 Å². The molecule has 2 aromatic carbocycles. The Balaban J connectivity index is 2.34. The van der Waals surface area contributed by atoms with E-state index < -0.39 is 11.8 Å². The van der Waals surface area contributed by atoms with Gasteiger partial charge in [-0.15, -0.1) is 0 Å². The van der Waals surface area contributed by atoms with E-state index in [0.717, 1.165) is 6.07 Å². The predicted molar refractivity (Wildman–Crippen MR) is 65.8 cm³/mol. The Hall–Kier alpha value is -2.40. The number of carboxylic acid groups (broad SMARTS) is 1. The average Bonchev–Trinajstić information content (AvgIpc) is 2.41. The second-order valence-corrected chi connectivity index (χ2v) is 3.83. The summed E-state index contributed by atoms with van der Waals surface area (Å²) in [6.07, 6.45) is 0. The highest BCUT2D eigenvalue weighted by Crippen LogP contribution is 2.28. The van der Waals surface area contributed by atoms with Crippen molar-refractivity contribution in [3.05, 3.63) is 59.4 Å². The van der Waals surface area contributed by atoms with E-state index in [2.05, 4.69) is 0 Å². The quantitative estimate of drug-likeness (QED) is 0.889. The summed E-state index contributed by atoms with van der Waals surface area (Å²) >= 11 is 0. The number of hydrogen-bond acceptors (Lipinski definition) is 3. The number of aliphatic hydroxyl groups excluding tert-OH is 1. The van der Waals surface area contributed by atoms with Gasteiger partial charge >= 0.3 is 5.97 Å². The Kier molecular flexibility index (Phi) is 3.77. The van der Waals surface area contributed by atoms with Crippen molar-refractivity contribution in [1.82, 2.24) is 0 Å². The molecule has 0 aliphatic heterocycles. The highest BCUT2D eigenvalue weighted by atomic mass is 19.1. The largest absolute Gasteiger partial charge is 0.478 e. The third-order valence-electron chi connectivity index (χ3n) is 2.52. The third-order valence-corrected chi connectivity index (χ3v) is 2.52. The Labute approximate surface area is 108 Å². The molecule has 19 heavy (non-hydrogen) atoms. The van der Waals surface area contributed by atoms with Crippen LogP contribution in [0.15, 0.2) is 42.5 Å². The lowest BCUT2D eigenvalue weighted by Gasteiger charge is -2.09. The lowest BCUT2D eigenvalue weighted by Crippen LogP contribution is -2.02. The number of rotatable bonds is 4. The number of halogens is 1. The van der Waals surface area contributed by atoms with E-state index in [1.807, 2.05) is 0 Å². The summed E-state index contributed by atoms with van der Waals surface area (Å²) in [6.45, 7) is -0.111. The molecule has 0 amide bonds. The Morgan fingerprint density at radius 1 is 1.16 bits per heavy atom. The van der Waals surface area contributed by atoms with Crippen molar-refractivity contribution >= 4 is 5.97 Å². The molecule has 0 atom stereocenters.